The molecule has 5 rings (SSSR count). The molecule has 7 heteroatoms. The lowest BCUT2D eigenvalue weighted by Crippen LogP contribution is -2.22. The number of fused-ring (bicyclic) bond motifs is 3. The number of hydrogen-bond donors (Lipinski definition) is 0. The smallest absolute Gasteiger partial charge is 0.267 e. The molecule has 0 aliphatic heterocycles. The zero-order valence-electron chi connectivity index (χ0n) is 17.3. The normalized spacial score (nSPS) is 16.2. The minimum Gasteiger partial charge on any atom is -0.361 e. The molecule has 3 heterocycles. The average Bonchev–Trinajstić information content (AvgIpc) is 3.26. The molecular weight excluding hydrogens is 414 g/mol. The molecule has 1 aliphatic carbocycles. The third-order valence-electron chi connectivity index (χ3n) is 5.84. The second-order valence-electron chi connectivity index (χ2n) is 7.99. The SMILES string of the molecule is Cc1noc(C)c1CSc1nc2sc3c(c2c(=O)n1-c1ccccc1)CCC(C)C3. The monoisotopic (exact) mass is 437 g/mol. The molecule has 0 N–H and O–H groups in total. The summed E-state index contributed by atoms with van der Waals surface area (Å²) >= 11 is 3.26. The highest BCUT2D eigenvalue weighted by Gasteiger charge is 2.25. The Kier molecular flexibility index (Phi) is 5.03. The van der Waals surface area contributed by atoms with E-state index in [1.165, 1.54) is 10.4 Å². The van der Waals surface area contributed by atoms with Gasteiger partial charge in [-0.2, -0.15) is 0 Å². The van der Waals surface area contributed by atoms with Gasteiger partial charge in [0.05, 0.1) is 16.8 Å². The maximum Gasteiger partial charge on any atom is 0.267 e. The van der Waals surface area contributed by atoms with Crippen LogP contribution in [0.5, 0.6) is 0 Å². The summed E-state index contributed by atoms with van der Waals surface area (Å²) in [5.74, 6) is 2.14. The van der Waals surface area contributed by atoms with E-state index in [0.29, 0.717) is 16.8 Å². The molecule has 0 saturated heterocycles. The zero-order chi connectivity index (χ0) is 20.8. The first-order valence-corrected chi connectivity index (χ1v) is 12.0. The van der Waals surface area contributed by atoms with Crippen molar-refractivity contribution in [1.29, 1.82) is 0 Å². The number of thioether (sulfide) groups is 1. The number of aromatic nitrogens is 3. The molecule has 1 atom stereocenters. The van der Waals surface area contributed by atoms with E-state index in [0.717, 1.165) is 52.2 Å². The molecule has 0 fully saturated rings. The average molecular weight is 438 g/mol. The van der Waals surface area contributed by atoms with Gasteiger partial charge in [0.1, 0.15) is 10.6 Å². The summed E-state index contributed by atoms with van der Waals surface area (Å²) in [6.45, 7) is 6.15. The number of aryl methyl sites for hydroxylation is 3. The van der Waals surface area contributed by atoms with Gasteiger partial charge in [0, 0.05) is 16.2 Å². The lowest BCUT2D eigenvalue weighted by molar-refractivity contribution is 0.392. The van der Waals surface area contributed by atoms with Gasteiger partial charge in [-0.05, 0) is 56.7 Å². The van der Waals surface area contributed by atoms with E-state index in [1.54, 1.807) is 27.7 Å². The van der Waals surface area contributed by atoms with Crippen molar-refractivity contribution in [3.8, 4) is 5.69 Å². The molecular formula is C23H23N3O2S2. The van der Waals surface area contributed by atoms with Crippen LogP contribution in [0.3, 0.4) is 0 Å². The van der Waals surface area contributed by atoms with Gasteiger partial charge in [-0.3, -0.25) is 9.36 Å². The molecule has 3 aromatic heterocycles. The van der Waals surface area contributed by atoms with Crippen LogP contribution in [0.2, 0.25) is 0 Å². The van der Waals surface area contributed by atoms with Crippen molar-refractivity contribution in [2.45, 2.75) is 50.9 Å². The van der Waals surface area contributed by atoms with E-state index in [-0.39, 0.29) is 5.56 Å². The highest BCUT2D eigenvalue weighted by molar-refractivity contribution is 7.98. The fraction of sp³-hybridized carbons (Fsp3) is 0.348. The maximum atomic E-state index is 13.7. The molecule has 1 aliphatic rings. The lowest BCUT2D eigenvalue weighted by atomic mass is 9.89. The predicted octanol–water partition coefficient (Wildman–Crippen LogP) is 5.47. The molecule has 4 aromatic rings. The van der Waals surface area contributed by atoms with Crippen molar-refractivity contribution < 1.29 is 4.52 Å². The van der Waals surface area contributed by atoms with Gasteiger partial charge in [0.25, 0.3) is 5.56 Å². The predicted molar refractivity (Wildman–Crippen MR) is 122 cm³/mol. The van der Waals surface area contributed by atoms with Crippen LogP contribution in [0, 0.1) is 19.8 Å². The van der Waals surface area contributed by atoms with E-state index < -0.39 is 0 Å². The van der Waals surface area contributed by atoms with E-state index in [2.05, 4.69) is 12.1 Å². The Bertz CT molecular complexity index is 1270. The van der Waals surface area contributed by atoms with Crippen LogP contribution in [0.15, 0.2) is 44.8 Å². The maximum absolute atomic E-state index is 13.7. The van der Waals surface area contributed by atoms with Crippen LogP contribution in [0.25, 0.3) is 15.9 Å². The molecule has 0 saturated carbocycles. The molecule has 1 aromatic carbocycles. The molecule has 0 bridgehead atoms. The number of para-hydroxylation sites is 1. The van der Waals surface area contributed by atoms with E-state index >= 15 is 0 Å². The lowest BCUT2D eigenvalue weighted by Gasteiger charge is -2.17. The first-order valence-electron chi connectivity index (χ1n) is 10.2. The second kappa shape index (κ2) is 7.71. The molecule has 154 valence electrons. The van der Waals surface area contributed by atoms with Crippen LogP contribution in [0.4, 0.5) is 0 Å². The van der Waals surface area contributed by atoms with Crippen molar-refractivity contribution in [2.75, 3.05) is 0 Å². The van der Waals surface area contributed by atoms with Gasteiger partial charge in [0.2, 0.25) is 0 Å². The number of hydrogen-bond acceptors (Lipinski definition) is 6. The highest BCUT2D eigenvalue weighted by Crippen LogP contribution is 2.37. The zero-order valence-corrected chi connectivity index (χ0v) is 18.9. The first-order chi connectivity index (χ1) is 14.5. The largest absolute Gasteiger partial charge is 0.361 e. The standard InChI is InChI=1S/C23H23N3O2S2/c1-13-9-10-17-19(11-13)30-21-20(17)22(27)26(16-7-5-4-6-8-16)23(24-21)29-12-18-14(2)25-28-15(18)3/h4-8,13H,9-12H2,1-3H3. The van der Waals surface area contributed by atoms with Gasteiger partial charge in [-0.15, -0.1) is 11.3 Å². The highest BCUT2D eigenvalue weighted by atomic mass is 32.2. The van der Waals surface area contributed by atoms with Crippen molar-refractivity contribution in [2.24, 2.45) is 5.92 Å². The number of rotatable bonds is 4. The van der Waals surface area contributed by atoms with Gasteiger partial charge in [-0.1, -0.05) is 42.0 Å². The molecule has 1 unspecified atom stereocenters. The third kappa shape index (κ3) is 3.30. The Labute approximate surface area is 183 Å². The van der Waals surface area contributed by atoms with Crippen LogP contribution >= 0.6 is 23.1 Å². The minimum absolute atomic E-state index is 0.0412. The quantitative estimate of drug-likeness (QED) is 0.313. The number of thiophene rings is 1. The fourth-order valence-electron chi connectivity index (χ4n) is 4.12. The number of benzene rings is 1. The van der Waals surface area contributed by atoms with E-state index in [4.69, 9.17) is 9.51 Å². The minimum atomic E-state index is 0.0412. The molecule has 5 nitrogen and oxygen atoms in total. The molecule has 0 radical (unpaired) electrons. The van der Waals surface area contributed by atoms with Crippen LogP contribution in [-0.2, 0) is 18.6 Å². The van der Waals surface area contributed by atoms with Crippen molar-refractivity contribution in [3.05, 3.63) is 68.1 Å². The Hall–Kier alpha value is -2.38. The Morgan fingerprint density at radius 2 is 2.07 bits per heavy atom. The Morgan fingerprint density at radius 3 is 2.80 bits per heavy atom. The van der Waals surface area contributed by atoms with Crippen molar-refractivity contribution in [3.63, 3.8) is 0 Å². The Morgan fingerprint density at radius 1 is 1.27 bits per heavy atom. The van der Waals surface area contributed by atoms with Crippen molar-refractivity contribution in [1.82, 2.24) is 14.7 Å². The number of nitrogens with zero attached hydrogens (tertiary/aromatic N) is 3. The molecule has 0 spiro atoms. The van der Waals surface area contributed by atoms with Crippen LogP contribution in [-0.4, -0.2) is 14.7 Å². The van der Waals surface area contributed by atoms with E-state index in [9.17, 15) is 4.79 Å². The summed E-state index contributed by atoms with van der Waals surface area (Å²) in [6, 6.07) is 9.81. The summed E-state index contributed by atoms with van der Waals surface area (Å²) in [4.78, 5) is 20.9. The summed E-state index contributed by atoms with van der Waals surface area (Å²) < 4.78 is 7.08. The van der Waals surface area contributed by atoms with E-state index in [1.807, 2.05) is 44.2 Å². The van der Waals surface area contributed by atoms with Crippen LogP contribution < -0.4 is 5.56 Å². The Balaban J connectivity index is 1.67. The summed E-state index contributed by atoms with van der Waals surface area (Å²) in [7, 11) is 0. The topological polar surface area (TPSA) is 60.9 Å². The van der Waals surface area contributed by atoms with Crippen molar-refractivity contribution >= 4 is 33.3 Å². The van der Waals surface area contributed by atoms with Gasteiger partial charge in [-0.25, -0.2) is 4.98 Å². The second-order valence-corrected chi connectivity index (χ2v) is 10.0. The molecule has 30 heavy (non-hydrogen) atoms. The molecule has 0 amide bonds. The summed E-state index contributed by atoms with van der Waals surface area (Å²) in [5, 5.41) is 5.58. The van der Waals surface area contributed by atoms with Gasteiger partial charge in [0.15, 0.2) is 5.16 Å². The fourth-order valence-corrected chi connectivity index (χ4v) is 6.71. The summed E-state index contributed by atoms with van der Waals surface area (Å²) in [5.41, 5.74) is 4.06. The van der Waals surface area contributed by atoms with Crippen LogP contribution in [0.1, 0.15) is 40.8 Å². The van der Waals surface area contributed by atoms with Gasteiger partial charge >= 0.3 is 0 Å². The van der Waals surface area contributed by atoms with Gasteiger partial charge < -0.3 is 4.52 Å². The first kappa shape index (κ1) is 19.6. The summed E-state index contributed by atoms with van der Waals surface area (Å²) in [6.07, 6.45) is 3.14. The third-order valence-corrected chi connectivity index (χ3v) is 7.95.